The molecule has 0 aromatic heterocycles. The van der Waals surface area contributed by atoms with Crippen LogP contribution in [0, 0.1) is 17.8 Å². The summed E-state index contributed by atoms with van der Waals surface area (Å²) in [5, 5.41) is 26.5. The Labute approximate surface area is 220 Å². The number of rotatable bonds is 15. The van der Waals surface area contributed by atoms with E-state index in [0.717, 1.165) is 5.56 Å². The Morgan fingerprint density at radius 3 is 1.62 bits per heavy atom. The van der Waals surface area contributed by atoms with Crippen LogP contribution in [-0.4, -0.2) is 58.9 Å². The third-order valence-corrected chi connectivity index (χ3v) is 5.49. The first-order valence-corrected chi connectivity index (χ1v) is 12.8. The van der Waals surface area contributed by atoms with Crippen LogP contribution in [0.4, 0.5) is 4.79 Å². The van der Waals surface area contributed by atoms with Gasteiger partial charge >= 0.3 is 13.2 Å². The lowest BCUT2D eigenvalue weighted by Crippen LogP contribution is -2.57. The molecular weight excluding hydrogens is 477 g/mol. The predicted octanol–water partition coefficient (Wildman–Crippen LogP) is 1.97. The van der Waals surface area contributed by atoms with E-state index in [1.54, 1.807) is 0 Å². The number of nitrogens with one attached hydrogen (secondary N) is 3. The molecule has 0 fully saturated rings. The Bertz CT molecular complexity index is 878. The van der Waals surface area contributed by atoms with Gasteiger partial charge in [-0.15, -0.1) is 0 Å². The van der Waals surface area contributed by atoms with Gasteiger partial charge in [-0.2, -0.15) is 0 Å². The molecule has 5 N–H and O–H groups in total. The lowest BCUT2D eigenvalue weighted by Gasteiger charge is -2.27. The molecule has 0 bridgehead atoms. The van der Waals surface area contributed by atoms with E-state index in [1.807, 2.05) is 71.9 Å². The fourth-order valence-corrected chi connectivity index (χ4v) is 3.76. The molecule has 0 unspecified atom stereocenters. The summed E-state index contributed by atoms with van der Waals surface area (Å²) in [6, 6.07) is 6.07. The van der Waals surface area contributed by atoms with Crippen LogP contribution in [-0.2, 0) is 25.7 Å². The van der Waals surface area contributed by atoms with Crippen LogP contribution in [0.1, 0.15) is 66.4 Å². The van der Waals surface area contributed by atoms with Crippen LogP contribution < -0.4 is 16.0 Å². The van der Waals surface area contributed by atoms with Gasteiger partial charge in [0.1, 0.15) is 18.7 Å². The molecule has 1 aromatic carbocycles. The van der Waals surface area contributed by atoms with E-state index < -0.39 is 48.8 Å². The molecule has 11 heteroatoms. The standard InChI is InChI=1S/C26H42BN3O7/c1-16(2)12-20(23(31)27(35)36)28-24(32)21(13-17(3)4)29-25(33)22(14-18(5)6)30-26(34)37-15-19-10-8-7-9-11-19/h7-11,16-18,20-22,35-36H,12-15H2,1-6H3,(H,28,32)(H,29,33)(H,30,34)/t20-,21-,22-/m0/s1. The van der Waals surface area contributed by atoms with Gasteiger partial charge in [0.05, 0.1) is 6.04 Å². The van der Waals surface area contributed by atoms with Crippen molar-refractivity contribution in [1.29, 1.82) is 0 Å². The highest BCUT2D eigenvalue weighted by molar-refractivity contribution is 6.79. The van der Waals surface area contributed by atoms with E-state index in [4.69, 9.17) is 4.74 Å². The molecule has 3 atom stereocenters. The zero-order valence-electron chi connectivity index (χ0n) is 22.7. The fraction of sp³-hybridized carbons (Fsp3) is 0.615. The maximum absolute atomic E-state index is 13.2. The smallest absolute Gasteiger partial charge is 0.445 e. The van der Waals surface area contributed by atoms with Crippen molar-refractivity contribution >= 4 is 30.7 Å². The highest BCUT2D eigenvalue weighted by atomic mass is 16.5. The minimum atomic E-state index is -2.22. The summed E-state index contributed by atoms with van der Waals surface area (Å²) in [5.74, 6) is -1.10. The summed E-state index contributed by atoms with van der Waals surface area (Å²) in [6.45, 7) is 11.3. The fourth-order valence-electron chi connectivity index (χ4n) is 3.76. The molecule has 37 heavy (non-hydrogen) atoms. The van der Waals surface area contributed by atoms with Crippen LogP contribution in [0.25, 0.3) is 0 Å². The topological polar surface area (TPSA) is 154 Å². The number of alkyl carbamates (subject to hydrolysis) is 1. The number of hydrogen-bond acceptors (Lipinski definition) is 7. The number of carbonyl (C=O) groups excluding carboxylic acids is 4. The molecule has 0 saturated heterocycles. The van der Waals surface area contributed by atoms with Crippen molar-refractivity contribution in [2.75, 3.05) is 0 Å². The predicted molar refractivity (Wildman–Crippen MR) is 141 cm³/mol. The second-order valence-electron chi connectivity index (χ2n) is 10.5. The van der Waals surface area contributed by atoms with E-state index in [2.05, 4.69) is 16.0 Å². The van der Waals surface area contributed by atoms with Crippen LogP contribution in [0.3, 0.4) is 0 Å². The van der Waals surface area contributed by atoms with Crippen molar-refractivity contribution in [2.24, 2.45) is 17.8 Å². The molecule has 0 radical (unpaired) electrons. The van der Waals surface area contributed by atoms with Gasteiger partial charge in [-0.05, 0) is 42.6 Å². The number of amides is 3. The summed E-state index contributed by atoms with van der Waals surface area (Å²) in [4.78, 5) is 50.9. The Morgan fingerprint density at radius 1 is 0.730 bits per heavy atom. The summed E-state index contributed by atoms with van der Waals surface area (Å²) in [5.41, 5.74) is -0.119. The molecule has 0 saturated carbocycles. The van der Waals surface area contributed by atoms with Gasteiger partial charge in [0, 0.05) is 0 Å². The van der Waals surface area contributed by atoms with Gasteiger partial charge in [0.25, 0.3) is 0 Å². The van der Waals surface area contributed by atoms with Gasteiger partial charge in [-0.3, -0.25) is 9.59 Å². The highest BCUT2D eigenvalue weighted by Gasteiger charge is 2.34. The molecule has 206 valence electrons. The summed E-state index contributed by atoms with van der Waals surface area (Å²) in [6.07, 6.45) is 0.0336. The van der Waals surface area contributed by atoms with Crippen LogP contribution in [0.5, 0.6) is 0 Å². The largest absolute Gasteiger partial charge is 0.529 e. The highest BCUT2D eigenvalue weighted by Crippen LogP contribution is 2.12. The van der Waals surface area contributed by atoms with Gasteiger partial charge in [-0.25, -0.2) is 4.79 Å². The first-order chi connectivity index (χ1) is 17.3. The molecule has 0 aliphatic heterocycles. The van der Waals surface area contributed by atoms with Crippen molar-refractivity contribution in [2.45, 2.75) is 85.5 Å². The van der Waals surface area contributed by atoms with E-state index in [0.29, 0.717) is 6.42 Å². The Kier molecular flexibility index (Phi) is 13.9. The number of carbonyl (C=O) groups is 4. The lowest BCUT2D eigenvalue weighted by molar-refractivity contribution is -0.132. The molecule has 1 rings (SSSR count). The van der Waals surface area contributed by atoms with E-state index >= 15 is 0 Å². The monoisotopic (exact) mass is 519 g/mol. The van der Waals surface area contributed by atoms with Gasteiger partial charge in [0.2, 0.25) is 11.8 Å². The molecule has 3 amide bonds. The number of ether oxygens (including phenoxy) is 1. The minimum Gasteiger partial charge on any atom is -0.445 e. The minimum absolute atomic E-state index is 0.00680. The molecule has 0 heterocycles. The average molecular weight is 519 g/mol. The molecule has 0 spiro atoms. The van der Waals surface area contributed by atoms with Crippen molar-refractivity contribution in [3.05, 3.63) is 35.9 Å². The zero-order valence-corrected chi connectivity index (χ0v) is 22.7. The third kappa shape index (κ3) is 12.7. The van der Waals surface area contributed by atoms with Crippen molar-refractivity contribution < 1.29 is 34.0 Å². The van der Waals surface area contributed by atoms with Crippen molar-refractivity contribution in [3.8, 4) is 0 Å². The van der Waals surface area contributed by atoms with E-state index in [9.17, 15) is 29.2 Å². The molecule has 1 aromatic rings. The second-order valence-corrected chi connectivity index (χ2v) is 10.5. The maximum Gasteiger partial charge on any atom is 0.529 e. The van der Waals surface area contributed by atoms with Gasteiger partial charge < -0.3 is 35.5 Å². The quantitative estimate of drug-likeness (QED) is 0.222. The molecule has 0 aliphatic carbocycles. The SMILES string of the molecule is CC(C)C[C@H](NC(=O)OCc1ccccc1)C(=O)N[C@@H](CC(C)C)C(=O)N[C@@H](CC(C)C)C(=O)B(O)O. The lowest BCUT2D eigenvalue weighted by atomic mass is 9.77. The molecular formula is C26H42BN3O7. The zero-order chi connectivity index (χ0) is 28.1. The third-order valence-electron chi connectivity index (χ3n) is 5.49. The average Bonchev–Trinajstić information content (AvgIpc) is 2.80. The summed E-state index contributed by atoms with van der Waals surface area (Å²) >= 11 is 0. The van der Waals surface area contributed by atoms with Crippen molar-refractivity contribution in [3.63, 3.8) is 0 Å². The number of hydrogen-bond donors (Lipinski definition) is 5. The van der Waals surface area contributed by atoms with Gasteiger partial charge in [0.15, 0.2) is 5.68 Å². The summed E-state index contributed by atoms with van der Waals surface area (Å²) < 4.78 is 5.25. The number of benzene rings is 1. The maximum atomic E-state index is 13.2. The van der Waals surface area contributed by atoms with Crippen molar-refractivity contribution in [1.82, 2.24) is 16.0 Å². The van der Waals surface area contributed by atoms with Crippen LogP contribution >= 0.6 is 0 Å². The van der Waals surface area contributed by atoms with Gasteiger partial charge in [-0.1, -0.05) is 71.9 Å². The summed E-state index contributed by atoms with van der Waals surface area (Å²) in [7, 11) is -2.22. The van der Waals surface area contributed by atoms with Crippen LogP contribution in [0.2, 0.25) is 0 Å². The first-order valence-electron chi connectivity index (χ1n) is 12.8. The van der Waals surface area contributed by atoms with E-state index in [-0.39, 0.29) is 37.2 Å². The first kappa shape index (κ1) is 32.1. The molecule has 0 aliphatic rings. The Balaban J connectivity index is 2.95. The normalized spacial score (nSPS) is 13.6. The van der Waals surface area contributed by atoms with Crippen LogP contribution in [0.15, 0.2) is 30.3 Å². The second kappa shape index (κ2) is 16.0. The van der Waals surface area contributed by atoms with E-state index in [1.165, 1.54) is 0 Å². The Hall–Kier alpha value is -2.92. The molecule has 10 nitrogen and oxygen atoms in total. The Morgan fingerprint density at radius 2 is 1.16 bits per heavy atom.